The lowest BCUT2D eigenvalue weighted by Gasteiger charge is -2.07. The van der Waals surface area contributed by atoms with Crippen LogP contribution < -0.4 is 4.74 Å². The molecule has 0 saturated carbocycles. The zero-order chi connectivity index (χ0) is 8.97. The predicted molar refractivity (Wildman–Crippen MR) is 49.3 cm³/mol. The van der Waals surface area contributed by atoms with Crippen molar-refractivity contribution in [3.05, 3.63) is 22.4 Å². The summed E-state index contributed by atoms with van der Waals surface area (Å²) in [5.74, 6) is 0.707. The van der Waals surface area contributed by atoms with Crippen molar-refractivity contribution in [1.29, 1.82) is 0 Å². The highest BCUT2D eigenvalue weighted by Gasteiger charge is 2.06. The van der Waals surface area contributed by atoms with Crippen LogP contribution in [0.1, 0.15) is 5.56 Å². The van der Waals surface area contributed by atoms with Crippen LogP contribution in [0, 0.1) is 0 Å². The molecule has 0 aromatic carbocycles. The summed E-state index contributed by atoms with van der Waals surface area (Å²) >= 11 is 3.34. The highest BCUT2D eigenvalue weighted by atomic mass is 79.9. The molecule has 0 bridgehead atoms. The van der Waals surface area contributed by atoms with Crippen molar-refractivity contribution in [2.45, 2.75) is 6.42 Å². The van der Waals surface area contributed by atoms with Gasteiger partial charge in [-0.2, -0.15) is 0 Å². The van der Waals surface area contributed by atoms with Gasteiger partial charge in [-0.15, -0.1) is 0 Å². The molecule has 0 unspecified atom stereocenters. The molecule has 1 aromatic rings. The molecule has 0 aliphatic rings. The Hall–Kier alpha value is -0.610. The third-order valence-electron chi connectivity index (χ3n) is 1.55. The summed E-state index contributed by atoms with van der Waals surface area (Å²) in [6.07, 6.45) is 3.90. The van der Waals surface area contributed by atoms with E-state index < -0.39 is 0 Å². The van der Waals surface area contributed by atoms with Crippen LogP contribution in [-0.2, 0) is 6.42 Å². The van der Waals surface area contributed by atoms with Crippen LogP contribution in [0.15, 0.2) is 16.9 Å². The van der Waals surface area contributed by atoms with E-state index in [1.54, 1.807) is 19.5 Å². The minimum atomic E-state index is 0.110. The average Bonchev–Trinajstić information content (AvgIpc) is 2.09. The van der Waals surface area contributed by atoms with Crippen molar-refractivity contribution in [3.8, 4) is 5.75 Å². The monoisotopic (exact) mass is 231 g/mol. The number of aliphatic hydroxyl groups is 1. The Bertz CT molecular complexity index is 265. The number of rotatable bonds is 3. The smallest absolute Gasteiger partial charge is 0.141 e. The predicted octanol–water partition coefficient (Wildman–Crippen LogP) is 1.39. The molecule has 1 N–H and O–H groups in total. The van der Waals surface area contributed by atoms with Gasteiger partial charge in [0.1, 0.15) is 5.75 Å². The Balaban J connectivity index is 3.02. The number of aromatic nitrogens is 1. The molecule has 4 heteroatoms. The Kier molecular flexibility index (Phi) is 3.49. The van der Waals surface area contributed by atoms with E-state index in [4.69, 9.17) is 9.84 Å². The van der Waals surface area contributed by atoms with E-state index in [2.05, 4.69) is 20.9 Å². The van der Waals surface area contributed by atoms with Gasteiger partial charge in [0.05, 0.1) is 13.3 Å². The van der Waals surface area contributed by atoms with E-state index in [0.29, 0.717) is 12.2 Å². The largest absolute Gasteiger partial charge is 0.495 e. The molecule has 0 amide bonds. The summed E-state index contributed by atoms with van der Waals surface area (Å²) in [6.45, 7) is 0.110. The first-order valence-corrected chi connectivity index (χ1v) is 4.36. The van der Waals surface area contributed by atoms with Gasteiger partial charge in [0.15, 0.2) is 0 Å². The number of hydrogen-bond acceptors (Lipinski definition) is 3. The second kappa shape index (κ2) is 4.42. The molecule has 0 aliphatic carbocycles. The molecule has 66 valence electrons. The van der Waals surface area contributed by atoms with Crippen molar-refractivity contribution in [2.24, 2.45) is 0 Å². The molecule has 0 atom stereocenters. The van der Waals surface area contributed by atoms with Gasteiger partial charge in [-0.1, -0.05) is 0 Å². The number of nitrogens with zero attached hydrogens (tertiary/aromatic N) is 1. The lowest BCUT2D eigenvalue weighted by atomic mass is 10.2. The van der Waals surface area contributed by atoms with Gasteiger partial charge in [-0.3, -0.25) is 4.98 Å². The molecule has 0 saturated heterocycles. The lowest BCUT2D eigenvalue weighted by molar-refractivity contribution is 0.296. The Morgan fingerprint density at radius 3 is 2.92 bits per heavy atom. The molecule has 1 aromatic heterocycles. The number of ether oxygens (including phenoxy) is 1. The molecular weight excluding hydrogens is 222 g/mol. The first-order chi connectivity index (χ1) is 5.79. The van der Waals surface area contributed by atoms with Crippen LogP contribution in [0.5, 0.6) is 5.75 Å². The minimum absolute atomic E-state index is 0.110. The molecule has 1 heterocycles. The van der Waals surface area contributed by atoms with Gasteiger partial charge < -0.3 is 9.84 Å². The minimum Gasteiger partial charge on any atom is -0.495 e. The number of hydrogen-bond donors (Lipinski definition) is 1. The Morgan fingerprint density at radius 2 is 2.33 bits per heavy atom. The second-order valence-corrected chi connectivity index (χ2v) is 3.13. The first-order valence-electron chi connectivity index (χ1n) is 3.56. The highest BCUT2D eigenvalue weighted by molar-refractivity contribution is 9.10. The number of methoxy groups -OCH3 is 1. The fraction of sp³-hybridized carbons (Fsp3) is 0.375. The fourth-order valence-corrected chi connectivity index (χ4v) is 1.49. The number of halogens is 1. The molecule has 0 fully saturated rings. The van der Waals surface area contributed by atoms with Crippen LogP contribution >= 0.6 is 15.9 Å². The van der Waals surface area contributed by atoms with E-state index in [1.807, 2.05) is 0 Å². The van der Waals surface area contributed by atoms with Crippen molar-refractivity contribution < 1.29 is 9.84 Å². The SMILES string of the molecule is COc1cncc(Br)c1CCO. The van der Waals surface area contributed by atoms with E-state index in [1.165, 1.54) is 0 Å². The maximum atomic E-state index is 8.77. The molecule has 12 heavy (non-hydrogen) atoms. The van der Waals surface area contributed by atoms with Crippen molar-refractivity contribution in [1.82, 2.24) is 4.98 Å². The van der Waals surface area contributed by atoms with Gasteiger partial charge >= 0.3 is 0 Å². The normalized spacial score (nSPS) is 9.92. The summed E-state index contributed by atoms with van der Waals surface area (Å²) in [4.78, 5) is 3.94. The summed E-state index contributed by atoms with van der Waals surface area (Å²) < 4.78 is 5.95. The van der Waals surface area contributed by atoms with Crippen LogP contribution in [0.3, 0.4) is 0 Å². The van der Waals surface area contributed by atoms with Crippen molar-refractivity contribution in [2.75, 3.05) is 13.7 Å². The molecular formula is C8H10BrNO2. The maximum Gasteiger partial charge on any atom is 0.141 e. The van der Waals surface area contributed by atoms with E-state index in [0.717, 1.165) is 10.0 Å². The molecule has 0 spiro atoms. The summed E-state index contributed by atoms with van der Waals surface area (Å²) in [7, 11) is 1.59. The first kappa shape index (κ1) is 9.48. The van der Waals surface area contributed by atoms with E-state index in [-0.39, 0.29) is 6.61 Å². The quantitative estimate of drug-likeness (QED) is 0.856. The summed E-state index contributed by atoms with van der Waals surface area (Å²) in [5, 5.41) is 8.77. The van der Waals surface area contributed by atoms with Gasteiger partial charge in [-0.05, 0) is 15.9 Å². The van der Waals surface area contributed by atoms with E-state index in [9.17, 15) is 0 Å². The maximum absolute atomic E-state index is 8.77. The van der Waals surface area contributed by atoms with Crippen LogP contribution in [0.25, 0.3) is 0 Å². The van der Waals surface area contributed by atoms with Crippen molar-refractivity contribution >= 4 is 15.9 Å². The van der Waals surface area contributed by atoms with Gasteiger partial charge in [0, 0.05) is 29.3 Å². The zero-order valence-corrected chi connectivity index (χ0v) is 8.34. The lowest BCUT2D eigenvalue weighted by Crippen LogP contribution is -1.97. The number of aliphatic hydroxyl groups excluding tert-OH is 1. The van der Waals surface area contributed by atoms with Crippen LogP contribution in [-0.4, -0.2) is 23.8 Å². The van der Waals surface area contributed by atoms with Gasteiger partial charge in [-0.25, -0.2) is 0 Å². The fourth-order valence-electron chi connectivity index (χ4n) is 0.974. The van der Waals surface area contributed by atoms with Gasteiger partial charge in [0.2, 0.25) is 0 Å². The van der Waals surface area contributed by atoms with Gasteiger partial charge in [0.25, 0.3) is 0 Å². The van der Waals surface area contributed by atoms with Crippen LogP contribution in [0.4, 0.5) is 0 Å². The molecule has 0 radical (unpaired) electrons. The molecule has 0 aliphatic heterocycles. The topological polar surface area (TPSA) is 42.4 Å². The summed E-state index contributed by atoms with van der Waals surface area (Å²) in [6, 6.07) is 0. The molecule has 1 rings (SSSR count). The third-order valence-corrected chi connectivity index (χ3v) is 2.23. The van der Waals surface area contributed by atoms with E-state index >= 15 is 0 Å². The highest BCUT2D eigenvalue weighted by Crippen LogP contribution is 2.25. The average molecular weight is 232 g/mol. The van der Waals surface area contributed by atoms with Crippen molar-refractivity contribution in [3.63, 3.8) is 0 Å². The third kappa shape index (κ3) is 1.95. The zero-order valence-electron chi connectivity index (χ0n) is 6.75. The Morgan fingerprint density at radius 1 is 1.58 bits per heavy atom. The number of pyridine rings is 1. The molecule has 3 nitrogen and oxygen atoms in total. The standard InChI is InChI=1S/C8H10BrNO2/c1-12-8-5-10-4-7(9)6(8)2-3-11/h4-5,11H,2-3H2,1H3. The summed E-state index contributed by atoms with van der Waals surface area (Å²) in [5.41, 5.74) is 0.954. The van der Waals surface area contributed by atoms with Crippen LogP contribution in [0.2, 0.25) is 0 Å². The second-order valence-electron chi connectivity index (χ2n) is 2.28. The Labute approximate surface area is 79.5 Å².